The van der Waals surface area contributed by atoms with Crippen LogP contribution in [0.1, 0.15) is 25.8 Å². The lowest BCUT2D eigenvalue weighted by Gasteiger charge is -2.26. The highest BCUT2D eigenvalue weighted by molar-refractivity contribution is 5.29. The van der Waals surface area contributed by atoms with Gasteiger partial charge in [0.15, 0.2) is 0 Å². The third-order valence-electron chi connectivity index (χ3n) is 3.05. The van der Waals surface area contributed by atoms with Gasteiger partial charge in [-0.1, -0.05) is 0 Å². The first kappa shape index (κ1) is 11.4. The molecule has 4 heteroatoms. The Morgan fingerprint density at radius 3 is 3.06 bits per heavy atom. The Morgan fingerprint density at radius 2 is 2.44 bits per heavy atom. The molecule has 2 heterocycles. The summed E-state index contributed by atoms with van der Waals surface area (Å²) in [6.45, 7) is 4.97. The van der Waals surface area contributed by atoms with Crippen LogP contribution in [0.25, 0.3) is 0 Å². The van der Waals surface area contributed by atoms with E-state index >= 15 is 0 Å². The Morgan fingerprint density at radius 1 is 1.62 bits per heavy atom. The summed E-state index contributed by atoms with van der Waals surface area (Å²) in [5.41, 5.74) is -0.163. The summed E-state index contributed by atoms with van der Waals surface area (Å²) in [6.07, 6.45) is 3.72. The fourth-order valence-electron chi connectivity index (χ4n) is 2.01. The molecule has 0 spiro atoms. The van der Waals surface area contributed by atoms with Crippen molar-refractivity contribution in [2.45, 2.75) is 32.0 Å². The monoisotopic (exact) mass is 223 g/mol. The first-order valence-corrected chi connectivity index (χ1v) is 5.59. The average Bonchev–Trinajstić information content (AvgIpc) is 2.62. The second-order valence-corrected chi connectivity index (χ2v) is 4.03. The van der Waals surface area contributed by atoms with Crippen molar-refractivity contribution in [3.05, 3.63) is 24.0 Å². The molecule has 2 atom stereocenters. The third kappa shape index (κ3) is 1.90. The zero-order chi connectivity index (χ0) is 11.6. The molecule has 16 heavy (non-hydrogen) atoms. The molecule has 1 aliphatic heterocycles. The average molecular weight is 223 g/mol. The molecule has 4 nitrogen and oxygen atoms in total. The highest BCUT2D eigenvalue weighted by Crippen LogP contribution is 2.36. The van der Waals surface area contributed by atoms with Gasteiger partial charge in [-0.15, -0.1) is 0 Å². The van der Waals surface area contributed by atoms with Crippen LogP contribution in [0.15, 0.2) is 18.5 Å². The van der Waals surface area contributed by atoms with Crippen molar-refractivity contribution in [2.75, 3.05) is 13.2 Å². The van der Waals surface area contributed by atoms with Gasteiger partial charge in [0.05, 0.1) is 25.5 Å². The van der Waals surface area contributed by atoms with E-state index in [1.807, 2.05) is 19.9 Å². The molecule has 0 amide bonds. The van der Waals surface area contributed by atoms with E-state index in [-0.39, 0.29) is 6.10 Å². The number of rotatable bonds is 3. The van der Waals surface area contributed by atoms with E-state index in [2.05, 4.69) is 4.98 Å². The maximum atomic E-state index is 10.5. The molecule has 1 aliphatic rings. The van der Waals surface area contributed by atoms with E-state index in [0.717, 1.165) is 5.56 Å². The summed E-state index contributed by atoms with van der Waals surface area (Å²) in [7, 11) is 0. The van der Waals surface area contributed by atoms with E-state index < -0.39 is 5.60 Å². The van der Waals surface area contributed by atoms with E-state index in [1.165, 1.54) is 0 Å². The van der Waals surface area contributed by atoms with Crippen molar-refractivity contribution in [3.8, 4) is 5.75 Å². The zero-order valence-electron chi connectivity index (χ0n) is 9.64. The van der Waals surface area contributed by atoms with Gasteiger partial charge in [0, 0.05) is 18.2 Å². The zero-order valence-corrected chi connectivity index (χ0v) is 9.64. The molecule has 0 aliphatic carbocycles. The van der Waals surface area contributed by atoms with Crippen molar-refractivity contribution >= 4 is 0 Å². The summed E-state index contributed by atoms with van der Waals surface area (Å²) >= 11 is 0. The minimum absolute atomic E-state index is 0.203. The van der Waals surface area contributed by atoms with E-state index in [0.29, 0.717) is 25.4 Å². The van der Waals surface area contributed by atoms with E-state index in [4.69, 9.17) is 9.47 Å². The Kier molecular flexibility index (Phi) is 3.12. The number of hydrogen-bond donors (Lipinski definition) is 1. The molecular weight excluding hydrogens is 206 g/mol. The summed E-state index contributed by atoms with van der Waals surface area (Å²) in [6, 6.07) is 1.84. The summed E-state index contributed by atoms with van der Waals surface area (Å²) in [5.74, 6) is 0.688. The van der Waals surface area contributed by atoms with Gasteiger partial charge in [0.2, 0.25) is 0 Å². The largest absolute Gasteiger partial charge is 0.492 e. The van der Waals surface area contributed by atoms with Crippen LogP contribution in [0.4, 0.5) is 0 Å². The van der Waals surface area contributed by atoms with E-state index in [1.54, 1.807) is 12.4 Å². The molecule has 0 bridgehead atoms. The van der Waals surface area contributed by atoms with Crippen LogP contribution < -0.4 is 4.74 Å². The van der Waals surface area contributed by atoms with Crippen molar-refractivity contribution in [3.63, 3.8) is 0 Å². The van der Waals surface area contributed by atoms with Crippen LogP contribution >= 0.6 is 0 Å². The first-order valence-electron chi connectivity index (χ1n) is 5.59. The minimum Gasteiger partial charge on any atom is -0.492 e. The molecule has 1 aromatic heterocycles. The van der Waals surface area contributed by atoms with Crippen LogP contribution in [0.2, 0.25) is 0 Å². The van der Waals surface area contributed by atoms with Crippen LogP contribution in [0.5, 0.6) is 5.75 Å². The molecule has 1 fully saturated rings. The quantitative estimate of drug-likeness (QED) is 0.843. The smallest absolute Gasteiger partial charge is 0.137 e. The molecular formula is C12H17NO3. The number of ether oxygens (including phenoxy) is 2. The van der Waals surface area contributed by atoms with Gasteiger partial charge in [-0.3, -0.25) is 4.98 Å². The standard InChI is InChI=1S/C12H17NO3/c1-3-15-11-6-10(7-13-8-11)12(14)4-5-16-9(12)2/h6-9,14H,3-5H2,1-2H3. The number of aliphatic hydroxyl groups is 1. The second-order valence-electron chi connectivity index (χ2n) is 4.03. The molecule has 0 aromatic carbocycles. The van der Waals surface area contributed by atoms with Gasteiger partial charge in [-0.25, -0.2) is 0 Å². The third-order valence-corrected chi connectivity index (χ3v) is 3.05. The van der Waals surface area contributed by atoms with Crippen LogP contribution in [0, 0.1) is 0 Å². The SMILES string of the molecule is CCOc1cncc(C2(O)CCOC2C)c1. The second kappa shape index (κ2) is 4.39. The maximum Gasteiger partial charge on any atom is 0.137 e. The number of pyridine rings is 1. The van der Waals surface area contributed by atoms with Gasteiger partial charge < -0.3 is 14.6 Å². The predicted molar refractivity (Wildman–Crippen MR) is 59.3 cm³/mol. The van der Waals surface area contributed by atoms with Gasteiger partial charge in [0.1, 0.15) is 11.4 Å². The highest BCUT2D eigenvalue weighted by Gasteiger charge is 2.41. The number of hydrogen-bond acceptors (Lipinski definition) is 4. The minimum atomic E-state index is -0.930. The molecule has 0 radical (unpaired) electrons. The molecule has 2 unspecified atom stereocenters. The van der Waals surface area contributed by atoms with E-state index in [9.17, 15) is 5.11 Å². The highest BCUT2D eigenvalue weighted by atomic mass is 16.5. The Hall–Kier alpha value is -1.13. The van der Waals surface area contributed by atoms with Crippen LogP contribution in [0.3, 0.4) is 0 Å². The lowest BCUT2D eigenvalue weighted by atomic mass is 9.89. The van der Waals surface area contributed by atoms with Crippen LogP contribution in [-0.2, 0) is 10.3 Å². The maximum absolute atomic E-state index is 10.5. The topological polar surface area (TPSA) is 51.6 Å². The lowest BCUT2D eigenvalue weighted by molar-refractivity contribution is -0.0320. The molecule has 88 valence electrons. The van der Waals surface area contributed by atoms with Crippen molar-refractivity contribution < 1.29 is 14.6 Å². The van der Waals surface area contributed by atoms with Crippen molar-refractivity contribution in [2.24, 2.45) is 0 Å². The fourth-order valence-corrected chi connectivity index (χ4v) is 2.01. The Labute approximate surface area is 95.2 Å². The molecule has 1 aromatic rings. The predicted octanol–water partition coefficient (Wildman–Crippen LogP) is 1.48. The molecule has 2 rings (SSSR count). The normalized spacial score (nSPS) is 29.3. The van der Waals surface area contributed by atoms with Crippen molar-refractivity contribution in [1.29, 1.82) is 0 Å². The lowest BCUT2D eigenvalue weighted by Crippen LogP contribution is -2.33. The van der Waals surface area contributed by atoms with Gasteiger partial charge in [0.25, 0.3) is 0 Å². The summed E-state index contributed by atoms with van der Waals surface area (Å²) in [4.78, 5) is 4.09. The fraction of sp³-hybridized carbons (Fsp3) is 0.583. The number of aromatic nitrogens is 1. The van der Waals surface area contributed by atoms with Crippen LogP contribution in [-0.4, -0.2) is 29.4 Å². The van der Waals surface area contributed by atoms with Crippen molar-refractivity contribution in [1.82, 2.24) is 4.98 Å². The number of nitrogens with zero attached hydrogens (tertiary/aromatic N) is 1. The van der Waals surface area contributed by atoms with Gasteiger partial charge in [-0.05, 0) is 19.9 Å². The molecule has 0 saturated carbocycles. The Balaban J connectivity index is 2.29. The molecule has 1 N–H and O–H groups in total. The summed E-state index contributed by atoms with van der Waals surface area (Å²) in [5, 5.41) is 10.5. The van der Waals surface area contributed by atoms with Gasteiger partial charge >= 0.3 is 0 Å². The Bertz CT molecular complexity index is 369. The molecule has 1 saturated heterocycles. The van der Waals surface area contributed by atoms with Gasteiger partial charge in [-0.2, -0.15) is 0 Å². The summed E-state index contributed by atoms with van der Waals surface area (Å²) < 4.78 is 10.8. The first-order chi connectivity index (χ1) is 7.66.